The zero-order chi connectivity index (χ0) is 20.2. The molecule has 2 aromatic carbocycles. The number of benzene rings is 2. The zero-order valence-electron chi connectivity index (χ0n) is 16.7. The van der Waals surface area contributed by atoms with Gasteiger partial charge in [-0.2, -0.15) is 0 Å². The normalized spacial score (nSPS) is 16.8. The van der Waals surface area contributed by atoms with Crippen LogP contribution in [0.2, 0.25) is 0 Å². The Morgan fingerprint density at radius 2 is 1.93 bits per heavy atom. The number of carbonyl (C=O) groups is 1. The van der Waals surface area contributed by atoms with Crippen molar-refractivity contribution in [3.05, 3.63) is 89.1 Å². The molecule has 3 aromatic rings. The van der Waals surface area contributed by atoms with Crippen LogP contribution in [0.25, 0.3) is 11.3 Å². The summed E-state index contributed by atoms with van der Waals surface area (Å²) in [6.07, 6.45) is 4.07. The summed E-state index contributed by atoms with van der Waals surface area (Å²) < 4.78 is 0. The number of nitrogens with zero attached hydrogens (tertiary/aromatic N) is 2. The van der Waals surface area contributed by atoms with E-state index in [1.807, 2.05) is 18.3 Å². The van der Waals surface area contributed by atoms with E-state index in [2.05, 4.69) is 53.2 Å². The first-order valence-electron chi connectivity index (χ1n) is 10.2. The molecule has 0 unspecified atom stereocenters. The number of hydrogen-bond donors (Lipinski definition) is 1. The van der Waals surface area contributed by atoms with Crippen LogP contribution >= 0.6 is 0 Å². The molecule has 0 spiro atoms. The molecule has 1 fully saturated rings. The monoisotopic (exact) mass is 386 g/mol. The van der Waals surface area contributed by atoms with E-state index in [-0.39, 0.29) is 0 Å². The smallest absolute Gasteiger partial charge is 0.335 e. The first kappa shape index (κ1) is 19.3. The molecule has 0 aliphatic carbocycles. The number of aromatic carboxylic acids is 1. The number of carboxylic acids is 1. The number of aryl methyl sites for hydroxylation is 1. The maximum Gasteiger partial charge on any atom is 0.335 e. The molecule has 1 N–H and O–H groups in total. The molecule has 4 rings (SSSR count). The summed E-state index contributed by atoms with van der Waals surface area (Å²) in [4.78, 5) is 18.1. The summed E-state index contributed by atoms with van der Waals surface area (Å²) in [5.41, 5.74) is 6.46. The minimum Gasteiger partial charge on any atom is -0.478 e. The highest BCUT2D eigenvalue weighted by atomic mass is 16.4. The number of likely N-dealkylation sites (tertiary alicyclic amines) is 1. The summed E-state index contributed by atoms with van der Waals surface area (Å²) in [5.74, 6) is -0.375. The summed E-state index contributed by atoms with van der Waals surface area (Å²) in [6.45, 7) is 5.10. The highest BCUT2D eigenvalue weighted by Gasteiger charge is 2.24. The lowest BCUT2D eigenvalue weighted by Crippen LogP contribution is -2.19. The summed E-state index contributed by atoms with van der Waals surface area (Å²) in [5, 5.41) is 9.04. The summed E-state index contributed by atoms with van der Waals surface area (Å²) in [6, 6.07) is 20.1. The van der Waals surface area contributed by atoms with Crippen LogP contribution in [0.4, 0.5) is 0 Å². The Morgan fingerprint density at radius 3 is 2.69 bits per heavy atom. The van der Waals surface area contributed by atoms with E-state index in [0.29, 0.717) is 11.5 Å². The van der Waals surface area contributed by atoms with Crippen molar-refractivity contribution in [3.8, 4) is 11.3 Å². The molecule has 29 heavy (non-hydrogen) atoms. The van der Waals surface area contributed by atoms with Gasteiger partial charge in [-0.25, -0.2) is 4.79 Å². The highest BCUT2D eigenvalue weighted by Crippen LogP contribution is 2.31. The van der Waals surface area contributed by atoms with Crippen molar-refractivity contribution < 1.29 is 9.90 Å². The molecule has 1 atom stereocenters. The Kier molecular flexibility index (Phi) is 5.72. The lowest BCUT2D eigenvalue weighted by atomic mass is 9.95. The standard InChI is InChI=1S/C25H26N2O2/c1-2-19-5-3-4-6-23(19)24-15-21(11-13-26-24)22-12-14-27(17-22)16-18-7-9-20(10-8-18)25(28)29/h3-11,13,15,22H,2,12,14,16-17H2,1H3,(H,28,29)/t22-/m0/s1. The highest BCUT2D eigenvalue weighted by molar-refractivity contribution is 5.87. The molecular formula is C25H26N2O2. The number of hydrogen-bond acceptors (Lipinski definition) is 3. The zero-order valence-corrected chi connectivity index (χ0v) is 16.7. The maximum atomic E-state index is 11.0. The van der Waals surface area contributed by atoms with Crippen LogP contribution < -0.4 is 0 Å². The van der Waals surface area contributed by atoms with Crippen LogP contribution in [0, 0.1) is 0 Å². The van der Waals surface area contributed by atoms with E-state index in [4.69, 9.17) is 5.11 Å². The second-order valence-electron chi connectivity index (χ2n) is 7.71. The van der Waals surface area contributed by atoms with Crippen molar-refractivity contribution in [3.63, 3.8) is 0 Å². The maximum absolute atomic E-state index is 11.0. The third-order valence-corrected chi connectivity index (χ3v) is 5.81. The minimum absolute atomic E-state index is 0.338. The number of pyridine rings is 1. The van der Waals surface area contributed by atoms with Gasteiger partial charge in [0, 0.05) is 24.8 Å². The predicted octanol–water partition coefficient (Wildman–Crippen LogP) is 5.00. The van der Waals surface area contributed by atoms with E-state index in [0.717, 1.165) is 43.7 Å². The Balaban J connectivity index is 1.46. The molecule has 1 aromatic heterocycles. The number of aromatic nitrogens is 1. The van der Waals surface area contributed by atoms with Gasteiger partial charge in [0.15, 0.2) is 0 Å². The average Bonchev–Trinajstić information content (AvgIpc) is 3.22. The van der Waals surface area contributed by atoms with E-state index < -0.39 is 5.97 Å². The van der Waals surface area contributed by atoms with Gasteiger partial charge in [-0.15, -0.1) is 0 Å². The van der Waals surface area contributed by atoms with Gasteiger partial charge in [0.1, 0.15) is 0 Å². The Bertz CT molecular complexity index is 998. The van der Waals surface area contributed by atoms with Gasteiger partial charge in [-0.1, -0.05) is 43.3 Å². The molecule has 2 heterocycles. The van der Waals surface area contributed by atoms with Gasteiger partial charge < -0.3 is 5.11 Å². The van der Waals surface area contributed by atoms with Gasteiger partial charge in [0.2, 0.25) is 0 Å². The van der Waals surface area contributed by atoms with Crippen LogP contribution in [-0.4, -0.2) is 34.0 Å². The van der Waals surface area contributed by atoms with Crippen molar-refractivity contribution in [2.24, 2.45) is 0 Å². The molecule has 0 saturated carbocycles. The third-order valence-electron chi connectivity index (χ3n) is 5.81. The van der Waals surface area contributed by atoms with Crippen molar-refractivity contribution in [1.29, 1.82) is 0 Å². The third kappa shape index (κ3) is 4.38. The van der Waals surface area contributed by atoms with Gasteiger partial charge in [-0.3, -0.25) is 9.88 Å². The topological polar surface area (TPSA) is 53.4 Å². The Hall–Kier alpha value is -2.98. The van der Waals surface area contributed by atoms with Gasteiger partial charge >= 0.3 is 5.97 Å². The SMILES string of the molecule is CCc1ccccc1-c1cc([C@H]2CCN(Cc3ccc(C(=O)O)cc3)C2)ccn1. The second-order valence-corrected chi connectivity index (χ2v) is 7.71. The molecule has 0 bridgehead atoms. The summed E-state index contributed by atoms with van der Waals surface area (Å²) in [7, 11) is 0. The van der Waals surface area contributed by atoms with Gasteiger partial charge in [0.25, 0.3) is 0 Å². The van der Waals surface area contributed by atoms with Crippen molar-refractivity contribution >= 4 is 5.97 Å². The molecule has 0 radical (unpaired) electrons. The minimum atomic E-state index is -0.879. The van der Waals surface area contributed by atoms with Crippen LogP contribution in [0.1, 0.15) is 46.3 Å². The van der Waals surface area contributed by atoms with Crippen molar-refractivity contribution in [2.75, 3.05) is 13.1 Å². The molecule has 4 nitrogen and oxygen atoms in total. The molecule has 0 amide bonds. The van der Waals surface area contributed by atoms with Gasteiger partial charge in [-0.05, 0) is 66.3 Å². The predicted molar refractivity (Wildman–Crippen MR) is 115 cm³/mol. The van der Waals surface area contributed by atoms with Crippen LogP contribution in [0.3, 0.4) is 0 Å². The lowest BCUT2D eigenvalue weighted by molar-refractivity contribution is 0.0697. The van der Waals surface area contributed by atoms with E-state index in [9.17, 15) is 4.79 Å². The number of carboxylic acid groups (broad SMARTS) is 1. The Labute approximate surface area is 171 Å². The average molecular weight is 386 g/mol. The fraction of sp³-hybridized carbons (Fsp3) is 0.280. The first-order valence-corrected chi connectivity index (χ1v) is 10.2. The van der Waals surface area contributed by atoms with Crippen molar-refractivity contribution in [1.82, 2.24) is 9.88 Å². The molecule has 1 saturated heterocycles. The van der Waals surface area contributed by atoms with Crippen molar-refractivity contribution in [2.45, 2.75) is 32.2 Å². The van der Waals surface area contributed by atoms with Crippen LogP contribution in [0.5, 0.6) is 0 Å². The number of rotatable bonds is 6. The van der Waals surface area contributed by atoms with Crippen LogP contribution in [0.15, 0.2) is 66.9 Å². The van der Waals surface area contributed by atoms with E-state index >= 15 is 0 Å². The molecule has 1 aliphatic heterocycles. The fourth-order valence-corrected chi connectivity index (χ4v) is 4.19. The van der Waals surface area contributed by atoms with Gasteiger partial charge in [0.05, 0.1) is 11.3 Å². The van der Waals surface area contributed by atoms with E-state index in [1.165, 1.54) is 16.7 Å². The van der Waals surface area contributed by atoms with E-state index in [1.54, 1.807) is 12.1 Å². The molecule has 148 valence electrons. The molecular weight excluding hydrogens is 360 g/mol. The van der Waals surface area contributed by atoms with Crippen LogP contribution in [-0.2, 0) is 13.0 Å². The second kappa shape index (κ2) is 8.58. The molecule has 1 aliphatic rings. The first-order chi connectivity index (χ1) is 14.1. The quantitative estimate of drug-likeness (QED) is 0.648. The Morgan fingerprint density at radius 1 is 1.14 bits per heavy atom. The molecule has 4 heteroatoms. The lowest BCUT2D eigenvalue weighted by Gasteiger charge is -2.17. The largest absolute Gasteiger partial charge is 0.478 e. The fourth-order valence-electron chi connectivity index (χ4n) is 4.19. The summed E-state index contributed by atoms with van der Waals surface area (Å²) >= 11 is 0.